The van der Waals surface area contributed by atoms with E-state index in [1.165, 1.54) is 6.20 Å². The highest BCUT2D eigenvalue weighted by Crippen LogP contribution is 2.21. The first kappa shape index (κ1) is 9.79. The van der Waals surface area contributed by atoms with Crippen molar-refractivity contribution in [2.45, 2.75) is 6.42 Å². The number of carbonyl (C=O) groups is 1. The number of allylic oxidation sites excluding steroid dienone is 1. The second kappa shape index (κ2) is 4.18. The van der Waals surface area contributed by atoms with Gasteiger partial charge in [-0.25, -0.2) is 9.98 Å². The molecule has 0 aromatic carbocycles. The number of aliphatic hydroxyl groups is 1. The molecule has 5 heteroatoms. The fourth-order valence-electron chi connectivity index (χ4n) is 1.42. The van der Waals surface area contributed by atoms with Gasteiger partial charge in [-0.3, -0.25) is 4.79 Å². The standard InChI is InChI=1S/C10H11N3O2/c14-4-3-12-10(15)8-5-7-1-2-11-9(7)13-6-8/h1-2,6,14H,3-5H2,(H,12,15). The van der Waals surface area contributed by atoms with Crippen LogP contribution in [0.25, 0.3) is 0 Å². The van der Waals surface area contributed by atoms with Gasteiger partial charge in [0, 0.05) is 36.5 Å². The number of rotatable bonds is 3. The smallest absolute Gasteiger partial charge is 0.249 e. The van der Waals surface area contributed by atoms with Gasteiger partial charge in [-0.05, 0) is 6.08 Å². The van der Waals surface area contributed by atoms with E-state index in [-0.39, 0.29) is 19.1 Å². The summed E-state index contributed by atoms with van der Waals surface area (Å²) in [4.78, 5) is 19.6. The Morgan fingerprint density at radius 3 is 3.27 bits per heavy atom. The van der Waals surface area contributed by atoms with Crippen LogP contribution >= 0.6 is 0 Å². The normalized spacial score (nSPS) is 17.8. The van der Waals surface area contributed by atoms with Crippen LogP contribution in [0.3, 0.4) is 0 Å². The van der Waals surface area contributed by atoms with Gasteiger partial charge >= 0.3 is 0 Å². The lowest BCUT2D eigenvalue weighted by Gasteiger charge is -2.11. The number of hydrogen-bond acceptors (Lipinski definition) is 4. The quantitative estimate of drug-likeness (QED) is 0.669. The summed E-state index contributed by atoms with van der Waals surface area (Å²) in [5.41, 5.74) is 1.57. The Labute approximate surface area is 86.9 Å². The Kier molecular flexibility index (Phi) is 2.73. The first-order chi connectivity index (χ1) is 7.31. The zero-order chi connectivity index (χ0) is 10.7. The molecule has 1 amide bonds. The lowest BCUT2D eigenvalue weighted by Crippen LogP contribution is -2.28. The van der Waals surface area contributed by atoms with Crippen molar-refractivity contribution in [1.82, 2.24) is 5.32 Å². The van der Waals surface area contributed by atoms with E-state index in [0.717, 1.165) is 5.57 Å². The van der Waals surface area contributed by atoms with Gasteiger partial charge < -0.3 is 10.4 Å². The summed E-state index contributed by atoms with van der Waals surface area (Å²) in [7, 11) is 0. The highest BCUT2D eigenvalue weighted by molar-refractivity contribution is 6.13. The summed E-state index contributed by atoms with van der Waals surface area (Å²) >= 11 is 0. The molecule has 2 heterocycles. The second-order valence-electron chi connectivity index (χ2n) is 3.23. The third-order valence-electron chi connectivity index (χ3n) is 2.17. The van der Waals surface area contributed by atoms with E-state index in [1.807, 2.05) is 6.08 Å². The summed E-state index contributed by atoms with van der Waals surface area (Å²) in [5.74, 6) is 0.508. The van der Waals surface area contributed by atoms with Crippen molar-refractivity contribution in [3.8, 4) is 0 Å². The number of aliphatic hydroxyl groups excluding tert-OH is 1. The Bertz CT molecular complexity index is 405. The van der Waals surface area contributed by atoms with E-state index in [1.54, 1.807) is 6.21 Å². The van der Waals surface area contributed by atoms with Crippen LogP contribution in [0.1, 0.15) is 6.42 Å². The molecule has 0 unspecified atom stereocenters. The number of amides is 1. The Balaban J connectivity index is 2.04. The molecule has 0 atom stereocenters. The van der Waals surface area contributed by atoms with Crippen molar-refractivity contribution in [3.05, 3.63) is 23.4 Å². The molecule has 0 aliphatic carbocycles. The predicted molar refractivity (Wildman–Crippen MR) is 56.8 cm³/mol. The predicted octanol–water partition coefficient (Wildman–Crippen LogP) is -0.208. The molecule has 0 aromatic heterocycles. The molecule has 78 valence electrons. The van der Waals surface area contributed by atoms with Gasteiger partial charge in [0.05, 0.1) is 6.61 Å². The van der Waals surface area contributed by atoms with Gasteiger partial charge in [0.15, 0.2) is 5.84 Å². The molecule has 15 heavy (non-hydrogen) atoms. The van der Waals surface area contributed by atoms with E-state index >= 15 is 0 Å². The Morgan fingerprint density at radius 1 is 1.60 bits per heavy atom. The molecule has 5 nitrogen and oxygen atoms in total. The van der Waals surface area contributed by atoms with Crippen molar-refractivity contribution in [3.63, 3.8) is 0 Å². The van der Waals surface area contributed by atoms with Crippen molar-refractivity contribution in [2.24, 2.45) is 9.98 Å². The molecule has 0 saturated heterocycles. The molecule has 0 fully saturated rings. The lowest BCUT2D eigenvalue weighted by atomic mass is 10.0. The maximum Gasteiger partial charge on any atom is 0.249 e. The molecular formula is C10H11N3O2. The highest BCUT2D eigenvalue weighted by atomic mass is 16.3. The molecule has 0 aromatic rings. The minimum atomic E-state index is -0.181. The van der Waals surface area contributed by atoms with Gasteiger partial charge in [-0.1, -0.05) is 0 Å². The second-order valence-corrected chi connectivity index (χ2v) is 3.23. The Morgan fingerprint density at radius 2 is 2.47 bits per heavy atom. The highest BCUT2D eigenvalue weighted by Gasteiger charge is 2.19. The summed E-state index contributed by atoms with van der Waals surface area (Å²) < 4.78 is 0. The summed E-state index contributed by atoms with van der Waals surface area (Å²) in [6.07, 6.45) is 5.61. The number of hydrogen-bond donors (Lipinski definition) is 2. The minimum absolute atomic E-state index is 0.0562. The van der Waals surface area contributed by atoms with Crippen LogP contribution in [0.4, 0.5) is 0 Å². The van der Waals surface area contributed by atoms with Crippen molar-refractivity contribution >= 4 is 18.0 Å². The largest absolute Gasteiger partial charge is 0.395 e. The van der Waals surface area contributed by atoms with Crippen LogP contribution in [0, 0.1) is 0 Å². The molecule has 2 aliphatic heterocycles. The molecule has 0 radical (unpaired) electrons. The summed E-state index contributed by atoms with van der Waals surface area (Å²) in [6, 6.07) is 0. The van der Waals surface area contributed by atoms with Crippen LogP contribution in [-0.4, -0.2) is 36.2 Å². The van der Waals surface area contributed by atoms with Crippen LogP contribution < -0.4 is 5.32 Å². The number of fused-ring (bicyclic) bond motifs is 1. The average Bonchev–Trinajstić information content (AvgIpc) is 2.72. The van der Waals surface area contributed by atoms with E-state index in [0.29, 0.717) is 17.8 Å². The monoisotopic (exact) mass is 205 g/mol. The van der Waals surface area contributed by atoms with E-state index in [9.17, 15) is 4.79 Å². The SMILES string of the molecule is O=C(NCCO)C1=CN=C2N=CC=C2C1. The minimum Gasteiger partial charge on any atom is -0.395 e. The lowest BCUT2D eigenvalue weighted by molar-refractivity contribution is -0.117. The van der Waals surface area contributed by atoms with Crippen LogP contribution in [-0.2, 0) is 4.79 Å². The number of nitrogens with zero attached hydrogens (tertiary/aromatic N) is 2. The van der Waals surface area contributed by atoms with Crippen LogP contribution in [0.5, 0.6) is 0 Å². The van der Waals surface area contributed by atoms with Gasteiger partial charge in [-0.15, -0.1) is 0 Å². The number of amidine groups is 1. The van der Waals surface area contributed by atoms with Gasteiger partial charge in [-0.2, -0.15) is 0 Å². The maximum absolute atomic E-state index is 11.5. The van der Waals surface area contributed by atoms with Crippen molar-refractivity contribution < 1.29 is 9.90 Å². The molecule has 0 spiro atoms. The molecule has 2 aliphatic rings. The molecule has 0 saturated carbocycles. The maximum atomic E-state index is 11.5. The zero-order valence-corrected chi connectivity index (χ0v) is 8.10. The summed E-state index contributed by atoms with van der Waals surface area (Å²) in [6.45, 7) is 0.210. The van der Waals surface area contributed by atoms with Crippen molar-refractivity contribution in [2.75, 3.05) is 13.2 Å². The molecular weight excluding hydrogens is 194 g/mol. The number of nitrogens with one attached hydrogen (secondary N) is 1. The molecule has 2 rings (SSSR count). The van der Waals surface area contributed by atoms with Crippen LogP contribution in [0.2, 0.25) is 0 Å². The number of carbonyl (C=O) groups excluding carboxylic acids is 1. The third-order valence-corrected chi connectivity index (χ3v) is 2.17. The topological polar surface area (TPSA) is 74.0 Å². The van der Waals surface area contributed by atoms with E-state index in [2.05, 4.69) is 15.3 Å². The van der Waals surface area contributed by atoms with Gasteiger partial charge in [0.2, 0.25) is 5.91 Å². The third kappa shape index (κ3) is 2.02. The summed E-state index contributed by atoms with van der Waals surface area (Å²) in [5, 5.41) is 11.2. The van der Waals surface area contributed by atoms with Gasteiger partial charge in [0.1, 0.15) is 0 Å². The van der Waals surface area contributed by atoms with E-state index < -0.39 is 0 Å². The van der Waals surface area contributed by atoms with E-state index in [4.69, 9.17) is 5.11 Å². The fraction of sp³-hybridized carbons (Fsp3) is 0.300. The van der Waals surface area contributed by atoms with Gasteiger partial charge in [0.25, 0.3) is 0 Å². The fourth-order valence-corrected chi connectivity index (χ4v) is 1.42. The zero-order valence-electron chi connectivity index (χ0n) is 8.10. The van der Waals surface area contributed by atoms with Crippen LogP contribution in [0.15, 0.2) is 33.4 Å². The Hall–Kier alpha value is -1.75. The number of aliphatic imine (C=N–C) groups is 2. The first-order valence-corrected chi connectivity index (χ1v) is 4.71. The first-order valence-electron chi connectivity index (χ1n) is 4.71. The van der Waals surface area contributed by atoms with Crippen molar-refractivity contribution in [1.29, 1.82) is 0 Å². The molecule has 0 bridgehead atoms. The average molecular weight is 205 g/mol. The molecule has 2 N–H and O–H groups in total.